The summed E-state index contributed by atoms with van der Waals surface area (Å²) in [5, 5.41) is 12.1. The fourth-order valence-electron chi connectivity index (χ4n) is 3.12. The molecule has 146 valence electrons. The van der Waals surface area contributed by atoms with E-state index in [0.717, 1.165) is 11.1 Å². The summed E-state index contributed by atoms with van der Waals surface area (Å²) in [4.78, 5) is 29.5. The normalized spacial score (nSPS) is 15.1. The predicted molar refractivity (Wildman–Crippen MR) is 103 cm³/mol. The Morgan fingerprint density at radius 1 is 1.29 bits per heavy atom. The molecule has 1 aromatic heterocycles. The first-order chi connectivity index (χ1) is 13.0. The third kappa shape index (κ3) is 3.86. The van der Waals surface area contributed by atoms with Crippen molar-refractivity contribution in [2.24, 2.45) is 5.41 Å². The van der Waals surface area contributed by atoms with E-state index in [1.54, 1.807) is 38.1 Å². The Balaban J connectivity index is 2.02. The molecule has 1 aliphatic heterocycles. The number of fused-ring (bicyclic) bond motifs is 1. The molecule has 0 unspecified atom stereocenters. The minimum atomic E-state index is -0.813. The van der Waals surface area contributed by atoms with Crippen molar-refractivity contribution in [1.29, 1.82) is 5.26 Å². The van der Waals surface area contributed by atoms with Gasteiger partial charge in [0, 0.05) is 11.1 Å². The number of hydrogen-bond acceptors (Lipinski definition) is 5. The molecular weight excluding hydrogens is 358 g/mol. The van der Waals surface area contributed by atoms with Crippen LogP contribution in [0, 0.1) is 16.7 Å². The van der Waals surface area contributed by atoms with E-state index in [-0.39, 0.29) is 17.5 Å². The lowest BCUT2D eigenvalue weighted by molar-refractivity contribution is -0.146. The topological polar surface area (TPSA) is 93.3 Å². The third-order valence-electron chi connectivity index (χ3n) is 4.37. The molecule has 0 atom stereocenters. The van der Waals surface area contributed by atoms with Gasteiger partial charge in [0.15, 0.2) is 5.69 Å². The summed E-state index contributed by atoms with van der Waals surface area (Å²) in [6, 6.07) is 10.8. The van der Waals surface area contributed by atoms with Crippen molar-refractivity contribution in [1.82, 2.24) is 4.73 Å². The first-order valence-corrected chi connectivity index (χ1v) is 8.98. The number of hydrogen-bond donors (Lipinski definition) is 1. The van der Waals surface area contributed by atoms with Crippen LogP contribution >= 0.6 is 0 Å². The number of nitrogens with one attached hydrogen (secondary N) is 1. The Bertz CT molecular complexity index is 990. The summed E-state index contributed by atoms with van der Waals surface area (Å²) in [7, 11) is 0. The second-order valence-corrected chi connectivity index (χ2v) is 8.50. The molecule has 0 aliphatic carbocycles. The molecule has 28 heavy (non-hydrogen) atoms. The third-order valence-corrected chi connectivity index (χ3v) is 4.37. The minimum absolute atomic E-state index is 0.215. The van der Waals surface area contributed by atoms with Crippen LogP contribution in [0.4, 0.5) is 10.5 Å². The first kappa shape index (κ1) is 19.5. The van der Waals surface area contributed by atoms with Gasteiger partial charge in [0.1, 0.15) is 11.7 Å². The van der Waals surface area contributed by atoms with E-state index in [0.29, 0.717) is 11.4 Å². The second-order valence-electron chi connectivity index (χ2n) is 8.50. The number of rotatable bonds is 3. The van der Waals surface area contributed by atoms with Crippen LogP contribution in [0.1, 0.15) is 52.3 Å². The van der Waals surface area contributed by atoms with Crippen molar-refractivity contribution in [2.75, 3.05) is 5.32 Å². The maximum atomic E-state index is 12.3. The van der Waals surface area contributed by atoms with Gasteiger partial charge in [-0.1, -0.05) is 26.8 Å². The molecule has 7 heteroatoms. The van der Waals surface area contributed by atoms with Crippen molar-refractivity contribution in [2.45, 2.75) is 46.6 Å². The Hall–Kier alpha value is -3.27. The molecule has 7 nitrogen and oxygen atoms in total. The highest BCUT2D eigenvalue weighted by Gasteiger charge is 2.34. The second kappa shape index (κ2) is 6.71. The minimum Gasteiger partial charge on any atom is -0.438 e. The van der Waals surface area contributed by atoms with Crippen molar-refractivity contribution in [3.8, 4) is 17.3 Å². The maximum Gasteiger partial charge on any atom is 0.412 e. The quantitative estimate of drug-likeness (QED) is 0.859. The van der Waals surface area contributed by atoms with Crippen LogP contribution in [0.25, 0.3) is 11.3 Å². The Labute approximate surface area is 163 Å². The number of carbonyl (C=O) groups is 2. The van der Waals surface area contributed by atoms with Crippen LogP contribution in [-0.2, 0) is 15.1 Å². The van der Waals surface area contributed by atoms with E-state index >= 15 is 0 Å². The summed E-state index contributed by atoms with van der Waals surface area (Å²) >= 11 is 0. The maximum absolute atomic E-state index is 12.3. The van der Waals surface area contributed by atoms with E-state index in [9.17, 15) is 14.9 Å². The monoisotopic (exact) mass is 381 g/mol. The number of nitrogens with zero attached hydrogens (tertiary/aromatic N) is 2. The van der Waals surface area contributed by atoms with Gasteiger partial charge in [-0.15, -0.1) is 0 Å². The van der Waals surface area contributed by atoms with Gasteiger partial charge < -0.3 is 9.57 Å². The van der Waals surface area contributed by atoms with Crippen LogP contribution in [0.2, 0.25) is 0 Å². The number of amides is 1. The van der Waals surface area contributed by atoms with E-state index in [2.05, 4.69) is 5.32 Å². The van der Waals surface area contributed by atoms with Gasteiger partial charge >= 0.3 is 12.1 Å². The first-order valence-electron chi connectivity index (χ1n) is 8.98. The molecule has 1 N–H and O–H groups in total. The molecular formula is C21H23N3O4. The molecule has 0 fully saturated rings. The average Bonchev–Trinajstić information content (AvgIpc) is 2.94. The van der Waals surface area contributed by atoms with Gasteiger partial charge in [0.25, 0.3) is 0 Å². The van der Waals surface area contributed by atoms with Crippen LogP contribution in [0.3, 0.4) is 0 Å². The molecule has 0 saturated heterocycles. The van der Waals surface area contributed by atoms with Crippen molar-refractivity contribution < 1.29 is 19.2 Å². The zero-order valence-electron chi connectivity index (χ0n) is 16.6. The lowest BCUT2D eigenvalue weighted by Crippen LogP contribution is -2.34. The van der Waals surface area contributed by atoms with Crippen LogP contribution in [-0.4, -0.2) is 16.8 Å². The number of aromatic nitrogens is 1. The van der Waals surface area contributed by atoms with Crippen LogP contribution < -0.4 is 10.2 Å². The highest BCUT2D eigenvalue weighted by atomic mass is 16.7. The number of cyclic esters (lactones) is 1. The summed E-state index contributed by atoms with van der Waals surface area (Å²) in [6.45, 7) is 9.43. The van der Waals surface area contributed by atoms with Crippen LogP contribution in [0.15, 0.2) is 30.3 Å². The van der Waals surface area contributed by atoms with E-state index in [4.69, 9.17) is 9.57 Å². The lowest BCUT2D eigenvalue weighted by Gasteiger charge is -2.32. The Morgan fingerprint density at radius 3 is 2.64 bits per heavy atom. The molecule has 3 rings (SSSR count). The zero-order chi connectivity index (χ0) is 20.7. The molecule has 0 radical (unpaired) electrons. The lowest BCUT2D eigenvalue weighted by atomic mass is 9.92. The molecule has 0 bridgehead atoms. The fourth-order valence-corrected chi connectivity index (χ4v) is 3.12. The number of nitriles is 1. The average molecular weight is 381 g/mol. The fraction of sp³-hybridized carbons (Fsp3) is 0.381. The number of benzene rings is 1. The summed E-state index contributed by atoms with van der Waals surface area (Å²) in [6.07, 6.45) is -0.288. The van der Waals surface area contributed by atoms with Crippen LogP contribution in [0.5, 0.6) is 0 Å². The summed E-state index contributed by atoms with van der Waals surface area (Å²) in [5.74, 6) is -0.421. The highest BCUT2D eigenvalue weighted by Crippen LogP contribution is 2.38. The van der Waals surface area contributed by atoms with Gasteiger partial charge in [-0.05, 0) is 43.5 Å². The van der Waals surface area contributed by atoms with Gasteiger partial charge in [0.05, 0.1) is 17.8 Å². The molecule has 2 heterocycles. The van der Waals surface area contributed by atoms with Gasteiger partial charge in [-0.25, -0.2) is 9.59 Å². The molecule has 1 aromatic carbocycles. The molecule has 1 aliphatic rings. The molecule has 1 amide bonds. The van der Waals surface area contributed by atoms with Crippen molar-refractivity contribution >= 4 is 17.7 Å². The van der Waals surface area contributed by atoms with Gasteiger partial charge in [-0.2, -0.15) is 9.99 Å². The smallest absolute Gasteiger partial charge is 0.412 e. The number of ether oxygens (including phenoxy) is 1. The number of anilines is 1. The van der Waals surface area contributed by atoms with Crippen molar-refractivity contribution in [3.05, 3.63) is 41.6 Å². The molecule has 2 aromatic rings. The largest absolute Gasteiger partial charge is 0.438 e. The van der Waals surface area contributed by atoms with Crippen molar-refractivity contribution in [3.63, 3.8) is 0 Å². The predicted octanol–water partition coefficient (Wildman–Crippen LogP) is 4.22. The van der Waals surface area contributed by atoms with Gasteiger partial charge in [0.2, 0.25) is 0 Å². The summed E-state index contributed by atoms with van der Waals surface area (Å²) < 4.78 is 6.63. The van der Waals surface area contributed by atoms with E-state index < -0.39 is 17.7 Å². The molecule has 0 saturated carbocycles. The van der Waals surface area contributed by atoms with Gasteiger partial charge in [-0.3, -0.25) is 5.32 Å². The number of carbonyl (C=O) groups excluding carboxylic acids is 2. The zero-order valence-corrected chi connectivity index (χ0v) is 16.6. The molecule has 0 spiro atoms. The van der Waals surface area contributed by atoms with E-state index in [1.165, 1.54) is 4.73 Å². The standard InChI is InChI=1S/C21H23N3O4/c1-20(2,3)11-18(25)28-24-14(12-22)7-9-17(24)13-6-8-16-15(10-13)21(4,5)27-19(26)23-16/h6-10H,11H2,1-5H3,(H,23,26). The highest BCUT2D eigenvalue weighted by molar-refractivity contribution is 5.89. The Kier molecular flexibility index (Phi) is 4.67. The summed E-state index contributed by atoms with van der Waals surface area (Å²) in [5.41, 5.74) is 1.92. The Morgan fingerprint density at radius 2 is 2.00 bits per heavy atom. The van der Waals surface area contributed by atoms with E-state index in [1.807, 2.05) is 32.9 Å². The SMILES string of the molecule is CC(C)(C)CC(=O)On1c(C#N)ccc1-c1ccc2c(c1)C(C)(C)OC(=O)N2.